The van der Waals surface area contributed by atoms with Gasteiger partial charge in [-0.1, -0.05) is 57.0 Å². The van der Waals surface area contributed by atoms with Crippen LogP contribution in [-0.4, -0.2) is 124 Å². The number of ether oxygens (including phenoxy) is 2. The summed E-state index contributed by atoms with van der Waals surface area (Å²) in [5.74, 6) is -0.512. The van der Waals surface area contributed by atoms with Gasteiger partial charge in [0.05, 0.1) is 29.5 Å². The van der Waals surface area contributed by atoms with Gasteiger partial charge >= 0.3 is 5.97 Å². The predicted molar refractivity (Wildman–Crippen MR) is 273 cm³/mol. The number of nitrogens with zero attached hydrogens (tertiary/aromatic N) is 5. The average molecular weight is 981 g/mol. The lowest BCUT2D eigenvalue weighted by Gasteiger charge is -2.37. The summed E-state index contributed by atoms with van der Waals surface area (Å²) >= 11 is 0. The predicted octanol–water partition coefficient (Wildman–Crippen LogP) is 6.51. The number of benzene rings is 2. The molecule has 7 heterocycles. The molecule has 2 aliphatic carbocycles. The van der Waals surface area contributed by atoms with E-state index in [-0.39, 0.29) is 60.8 Å². The third-order valence-electron chi connectivity index (χ3n) is 17.3. The fraction of sp³-hybridized carbons (Fsp3) is 0.579. The van der Waals surface area contributed by atoms with Crippen molar-refractivity contribution in [3.05, 3.63) is 77.6 Å². The average Bonchev–Trinajstić information content (AvgIpc) is 4.22. The lowest BCUT2D eigenvalue weighted by atomic mass is 9.84. The molecule has 2 unspecified atom stereocenters. The second kappa shape index (κ2) is 19.3. The Morgan fingerprint density at radius 1 is 0.944 bits per heavy atom. The van der Waals surface area contributed by atoms with Crippen molar-refractivity contribution in [2.24, 2.45) is 22.7 Å². The Kier molecular flexibility index (Phi) is 13.0. The van der Waals surface area contributed by atoms with Crippen molar-refractivity contribution in [1.29, 1.82) is 0 Å². The van der Waals surface area contributed by atoms with Crippen molar-refractivity contribution in [3.8, 4) is 22.4 Å². The number of hydrazine groups is 1. The first-order valence-corrected chi connectivity index (χ1v) is 26.9. The number of fused-ring (bicyclic) bond motifs is 6. The highest BCUT2D eigenvalue weighted by Gasteiger charge is 2.58. The quantitative estimate of drug-likeness (QED) is 0.117. The number of likely N-dealkylation sites (tertiary alicyclic amines) is 2. The van der Waals surface area contributed by atoms with Gasteiger partial charge in [0.2, 0.25) is 17.7 Å². The number of nitrogens with one attached hydrogen (secondary N) is 3. The van der Waals surface area contributed by atoms with Gasteiger partial charge in [-0.15, -0.1) is 0 Å². The van der Waals surface area contributed by atoms with Gasteiger partial charge in [-0.3, -0.25) is 39.3 Å². The zero-order valence-electron chi connectivity index (χ0n) is 42.7. The molecule has 0 radical (unpaired) electrons. The Morgan fingerprint density at radius 2 is 1.74 bits per heavy atom. The first-order valence-electron chi connectivity index (χ1n) is 26.9. The van der Waals surface area contributed by atoms with Crippen LogP contribution >= 0.6 is 0 Å². The topological polar surface area (TPSA) is 177 Å². The summed E-state index contributed by atoms with van der Waals surface area (Å²) in [6, 6.07) is 16.5. The minimum absolute atomic E-state index is 0.0507. The van der Waals surface area contributed by atoms with Crippen LogP contribution in [-0.2, 0) is 52.8 Å². The number of pyridine rings is 1. The van der Waals surface area contributed by atoms with E-state index < -0.39 is 34.9 Å². The summed E-state index contributed by atoms with van der Waals surface area (Å²) < 4.78 is 14.4. The number of carbonyl (C=O) groups is 5. The molecular formula is C57H72N8O7. The zero-order chi connectivity index (χ0) is 50.1. The molecular weight excluding hydrogens is 909 g/mol. The first-order chi connectivity index (χ1) is 34.8. The molecule has 6 bridgehead atoms. The molecule has 2 saturated carbocycles. The van der Waals surface area contributed by atoms with Crippen LogP contribution in [0.4, 0.5) is 0 Å². The van der Waals surface area contributed by atoms with Crippen molar-refractivity contribution >= 4 is 40.5 Å². The highest BCUT2D eigenvalue weighted by Crippen LogP contribution is 2.46. The van der Waals surface area contributed by atoms with Crippen LogP contribution in [0.2, 0.25) is 0 Å². The van der Waals surface area contributed by atoms with Crippen molar-refractivity contribution in [1.82, 2.24) is 40.4 Å². The maximum Gasteiger partial charge on any atom is 0.324 e. The molecule has 7 aliphatic rings. The van der Waals surface area contributed by atoms with Crippen molar-refractivity contribution in [3.63, 3.8) is 0 Å². The van der Waals surface area contributed by atoms with E-state index in [0.717, 1.165) is 75.8 Å². The van der Waals surface area contributed by atoms with Gasteiger partial charge in [0.15, 0.2) is 0 Å². The second-order valence-corrected chi connectivity index (χ2v) is 22.9. The number of cyclic esters (lactones) is 1. The molecule has 6 fully saturated rings. The fourth-order valence-corrected chi connectivity index (χ4v) is 13.1. The number of hydrogen-bond donors (Lipinski definition) is 3. The number of carbonyl (C=O) groups excluding carboxylic acids is 5. The third kappa shape index (κ3) is 9.12. The van der Waals surface area contributed by atoms with Crippen LogP contribution in [0, 0.1) is 22.7 Å². The van der Waals surface area contributed by atoms with Crippen LogP contribution in [0.5, 0.6) is 0 Å². The Labute approximate surface area is 423 Å². The molecule has 7 atom stereocenters. The summed E-state index contributed by atoms with van der Waals surface area (Å²) in [5.41, 5.74) is 10.00. The molecule has 2 aromatic heterocycles. The lowest BCUT2D eigenvalue weighted by molar-refractivity contribution is -0.155. The summed E-state index contributed by atoms with van der Waals surface area (Å²) in [7, 11) is 1.70. The standard InChI is InChI=1S/C57H72N8O7/c1-6-63-45-21-20-39-30-41(45)42(50(63)40-16-10-24-58-46(40)34(2)71-5)31-56(3,4)33-72-54(69)43-17-11-25-65(61-43)52(67)44(29-35-12-9-15-38(39)28-35)59-51(66)49(37-13-7-8-14-37)64-27-23-57(55(64)70)22-26-62(32-57)53(68)48-47(60-48)36-18-19-36/h9-10,12,15-16,20-21,24,28,30,34,36-37,43-44,47-49,60-61H,6-8,11,13-14,17-19,22-23,25-27,29,31-33H2,1-5H3,(H,59,66)/t34-,43-,44-,47?,48+,49?,57-/m0/s1. The molecule has 15 heteroatoms. The smallest absolute Gasteiger partial charge is 0.324 e. The minimum atomic E-state index is -1.01. The van der Waals surface area contributed by atoms with E-state index >= 15 is 9.59 Å². The van der Waals surface area contributed by atoms with E-state index in [2.05, 4.69) is 77.8 Å². The highest BCUT2D eigenvalue weighted by atomic mass is 16.5. The fourth-order valence-electron chi connectivity index (χ4n) is 13.1. The van der Waals surface area contributed by atoms with E-state index in [9.17, 15) is 14.4 Å². The molecule has 4 aromatic rings. The summed E-state index contributed by atoms with van der Waals surface area (Å²) in [4.78, 5) is 81.2. The van der Waals surface area contributed by atoms with Gasteiger partial charge in [0.25, 0.3) is 5.91 Å². The zero-order valence-corrected chi connectivity index (χ0v) is 42.7. The molecule has 382 valence electrons. The maximum absolute atomic E-state index is 15.2. The molecule has 1 spiro atoms. The number of hydrogen-bond acceptors (Lipinski definition) is 10. The Balaban J connectivity index is 0.930. The van der Waals surface area contributed by atoms with Crippen LogP contribution in [0.25, 0.3) is 33.3 Å². The maximum atomic E-state index is 15.2. The number of amides is 4. The molecule has 15 nitrogen and oxygen atoms in total. The van der Waals surface area contributed by atoms with Crippen molar-refractivity contribution in [2.75, 3.05) is 39.9 Å². The molecule has 72 heavy (non-hydrogen) atoms. The normalized spacial score (nSPS) is 27.6. The van der Waals surface area contributed by atoms with E-state index in [4.69, 9.17) is 14.5 Å². The van der Waals surface area contributed by atoms with Gasteiger partial charge < -0.3 is 29.2 Å². The lowest BCUT2D eigenvalue weighted by Crippen LogP contribution is -2.62. The Morgan fingerprint density at radius 3 is 2.51 bits per heavy atom. The van der Waals surface area contributed by atoms with Crippen LogP contribution in [0.3, 0.4) is 0 Å². The molecule has 11 rings (SSSR count). The Bertz CT molecular complexity index is 2780. The van der Waals surface area contributed by atoms with E-state index in [1.54, 1.807) is 12.0 Å². The Hall–Kier alpha value is -5.64. The van der Waals surface area contributed by atoms with Gasteiger partial charge in [-0.2, -0.15) is 0 Å². The number of methoxy groups -OCH3 is 1. The van der Waals surface area contributed by atoms with Crippen molar-refractivity contribution < 1.29 is 33.4 Å². The van der Waals surface area contributed by atoms with Crippen LogP contribution in [0.1, 0.15) is 115 Å². The van der Waals surface area contributed by atoms with E-state index in [1.165, 1.54) is 17.9 Å². The van der Waals surface area contributed by atoms with Crippen LogP contribution < -0.4 is 16.1 Å². The number of rotatable bonds is 10. The minimum Gasteiger partial charge on any atom is -0.464 e. The highest BCUT2D eigenvalue weighted by molar-refractivity contribution is 5.97. The summed E-state index contributed by atoms with van der Waals surface area (Å²) in [5, 5.41) is 9.23. The first kappa shape index (κ1) is 48.6. The number of aryl methyl sites for hydroxylation is 1. The largest absolute Gasteiger partial charge is 0.464 e. The van der Waals surface area contributed by atoms with Gasteiger partial charge in [-0.05, 0) is 130 Å². The molecule has 4 saturated heterocycles. The molecule has 4 amide bonds. The van der Waals surface area contributed by atoms with E-state index in [0.29, 0.717) is 70.7 Å². The molecule has 5 aliphatic heterocycles. The SMILES string of the molecule is CCn1c(-c2cccnc2[C@H](C)OC)c2c3cc(ccc31)-c1cccc(c1)C[C@H](NC(=O)C(C1CCCC1)N1CC[C@]3(CCN(C(=O)[C@@H]4NC4C4CC4)C3)C1=O)C(=O)N1CCC[C@H](N1)C(=O)OCC(C)(C)C2. The molecule has 3 N–H and O–H groups in total. The van der Waals surface area contributed by atoms with Gasteiger partial charge in [-0.25, -0.2) is 5.43 Å². The van der Waals surface area contributed by atoms with Crippen molar-refractivity contribution in [2.45, 2.75) is 148 Å². The van der Waals surface area contributed by atoms with Gasteiger partial charge in [0.1, 0.15) is 24.2 Å². The number of esters is 1. The van der Waals surface area contributed by atoms with Crippen LogP contribution in [0.15, 0.2) is 60.8 Å². The second-order valence-electron chi connectivity index (χ2n) is 22.9. The summed E-state index contributed by atoms with van der Waals surface area (Å²) in [6.07, 6.45) is 10.5. The summed E-state index contributed by atoms with van der Waals surface area (Å²) in [6.45, 7) is 11.0. The monoisotopic (exact) mass is 981 g/mol. The number of aromatic nitrogens is 2. The third-order valence-corrected chi connectivity index (χ3v) is 17.3. The van der Waals surface area contributed by atoms with E-state index in [1.807, 2.05) is 36.2 Å². The van der Waals surface area contributed by atoms with Gasteiger partial charge in [0, 0.05) is 80.4 Å². The molecule has 2 aromatic carbocycles.